The van der Waals surface area contributed by atoms with Gasteiger partial charge >= 0.3 is 0 Å². The van der Waals surface area contributed by atoms with Crippen molar-refractivity contribution in [3.8, 4) is 0 Å². The maximum absolute atomic E-state index is 13.4. The number of hydrogen-bond donors (Lipinski definition) is 2. The van der Waals surface area contributed by atoms with Crippen LogP contribution in [0.3, 0.4) is 0 Å². The van der Waals surface area contributed by atoms with Gasteiger partial charge in [0.25, 0.3) is 0 Å². The molecule has 8 nitrogen and oxygen atoms in total. The highest BCUT2D eigenvalue weighted by atomic mass is 16.5. The number of nitrogens with zero attached hydrogens (tertiary/aromatic N) is 2. The molecule has 3 rings (SSSR count). The molecule has 1 aliphatic carbocycles. The first-order chi connectivity index (χ1) is 15.9. The Morgan fingerprint density at radius 2 is 1.94 bits per heavy atom. The molecule has 0 unspecified atom stereocenters. The van der Waals surface area contributed by atoms with Crippen molar-refractivity contribution in [2.45, 2.75) is 64.5 Å². The number of hydrogen-bond acceptors (Lipinski definition) is 5. The Balaban J connectivity index is 1.76. The highest BCUT2D eigenvalue weighted by molar-refractivity contribution is 5.94. The fraction of sp³-hybridized carbons (Fsp3) is 0.440. The van der Waals surface area contributed by atoms with Crippen molar-refractivity contribution in [1.29, 1.82) is 0 Å². The van der Waals surface area contributed by atoms with Crippen LogP contribution in [0.1, 0.15) is 61.5 Å². The van der Waals surface area contributed by atoms with E-state index < -0.39 is 6.04 Å². The third-order valence-corrected chi connectivity index (χ3v) is 5.85. The number of benzene rings is 1. The van der Waals surface area contributed by atoms with Gasteiger partial charge in [-0.25, -0.2) is 0 Å². The first-order valence-corrected chi connectivity index (χ1v) is 11.4. The van der Waals surface area contributed by atoms with Crippen molar-refractivity contribution < 1.29 is 18.9 Å². The molecule has 0 spiro atoms. The number of carbonyl (C=O) groups is 3. The summed E-state index contributed by atoms with van der Waals surface area (Å²) in [6.45, 7) is 7.62. The topological polar surface area (TPSA) is 105 Å². The number of aromatic nitrogens is 1. The molecule has 1 aromatic heterocycles. The molecule has 0 radical (unpaired) electrons. The van der Waals surface area contributed by atoms with Crippen molar-refractivity contribution in [1.82, 2.24) is 15.4 Å². The second-order valence-electron chi connectivity index (χ2n) is 8.45. The molecule has 33 heavy (non-hydrogen) atoms. The van der Waals surface area contributed by atoms with Gasteiger partial charge in [-0.15, -0.1) is 6.58 Å². The van der Waals surface area contributed by atoms with Crippen molar-refractivity contribution in [3.05, 3.63) is 59.9 Å². The number of carbonyl (C=O) groups excluding carboxylic acids is 3. The van der Waals surface area contributed by atoms with Gasteiger partial charge in [0.1, 0.15) is 11.8 Å². The Hall–Kier alpha value is -3.42. The molecular weight excluding hydrogens is 420 g/mol. The Bertz CT molecular complexity index is 994. The smallest absolute Gasteiger partial charge is 0.247 e. The lowest BCUT2D eigenvalue weighted by atomic mass is 9.98. The molecule has 3 amide bonds. The van der Waals surface area contributed by atoms with E-state index in [4.69, 9.17) is 4.52 Å². The fourth-order valence-electron chi connectivity index (χ4n) is 4.18. The van der Waals surface area contributed by atoms with Crippen LogP contribution >= 0.6 is 0 Å². The van der Waals surface area contributed by atoms with E-state index in [9.17, 15) is 14.4 Å². The quantitative estimate of drug-likeness (QED) is 0.533. The van der Waals surface area contributed by atoms with Gasteiger partial charge in [0.05, 0.1) is 0 Å². The lowest BCUT2D eigenvalue weighted by molar-refractivity contribution is -0.141. The average molecular weight is 453 g/mol. The molecule has 8 heteroatoms. The summed E-state index contributed by atoms with van der Waals surface area (Å²) < 4.78 is 4.94. The van der Waals surface area contributed by atoms with Crippen molar-refractivity contribution in [2.24, 2.45) is 0 Å². The molecule has 1 aliphatic rings. The second kappa shape index (κ2) is 11.4. The fourth-order valence-corrected chi connectivity index (χ4v) is 4.18. The number of amides is 3. The molecule has 0 bridgehead atoms. The van der Waals surface area contributed by atoms with Crippen molar-refractivity contribution in [3.63, 3.8) is 0 Å². The monoisotopic (exact) mass is 452 g/mol. The predicted molar refractivity (Wildman–Crippen MR) is 125 cm³/mol. The number of rotatable bonds is 10. The standard InChI is InChI=1S/C25H32N4O4/c1-4-15-29(23(31)14-13-22(30)27-21-16-18(3)33-28-21)24(20-12-8-5-9-17(20)2)25(32)26-19-10-6-7-11-19/h4-5,8-9,12,16,19,24H,1,6-7,10-11,13-15H2,2-3H3,(H,26,32)(H,27,28,30)/t24-/m0/s1. The maximum Gasteiger partial charge on any atom is 0.247 e. The number of nitrogens with one attached hydrogen (secondary N) is 2. The van der Waals surface area contributed by atoms with Gasteiger partial charge in [0.2, 0.25) is 17.7 Å². The van der Waals surface area contributed by atoms with Gasteiger partial charge in [-0.3, -0.25) is 14.4 Å². The molecule has 2 aromatic rings. The zero-order valence-corrected chi connectivity index (χ0v) is 19.3. The molecule has 1 fully saturated rings. The first-order valence-electron chi connectivity index (χ1n) is 11.4. The Labute approximate surface area is 194 Å². The van der Waals surface area contributed by atoms with E-state index in [-0.39, 0.29) is 43.1 Å². The van der Waals surface area contributed by atoms with E-state index in [1.165, 1.54) is 4.90 Å². The minimum Gasteiger partial charge on any atom is -0.360 e. The summed E-state index contributed by atoms with van der Waals surface area (Å²) in [6.07, 6.45) is 5.60. The van der Waals surface area contributed by atoms with Crippen LogP contribution in [0, 0.1) is 13.8 Å². The maximum atomic E-state index is 13.4. The van der Waals surface area contributed by atoms with E-state index in [2.05, 4.69) is 22.4 Å². The molecule has 1 aromatic carbocycles. The van der Waals surface area contributed by atoms with Gasteiger partial charge in [0, 0.05) is 31.5 Å². The van der Waals surface area contributed by atoms with Crippen LogP contribution in [0.5, 0.6) is 0 Å². The molecule has 1 atom stereocenters. The second-order valence-corrected chi connectivity index (χ2v) is 8.45. The summed E-state index contributed by atoms with van der Waals surface area (Å²) in [6, 6.07) is 8.50. The van der Waals surface area contributed by atoms with Crippen LogP contribution in [0.25, 0.3) is 0 Å². The molecule has 1 heterocycles. The summed E-state index contributed by atoms with van der Waals surface area (Å²) in [4.78, 5) is 40.5. The van der Waals surface area contributed by atoms with Gasteiger partial charge in [-0.2, -0.15) is 0 Å². The molecule has 2 N–H and O–H groups in total. The van der Waals surface area contributed by atoms with Crippen LogP contribution in [-0.4, -0.2) is 40.4 Å². The summed E-state index contributed by atoms with van der Waals surface area (Å²) in [5.41, 5.74) is 1.69. The molecule has 0 saturated heterocycles. The third-order valence-electron chi connectivity index (χ3n) is 5.85. The number of aryl methyl sites for hydroxylation is 2. The van der Waals surface area contributed by atoms with Crippen LogP contribution in [-0.2, 0) is 14.4 Å². The van der Waals surface area contributed by atoms with Crippen LogP contribution in [0.4, 0.5) is 5.82 Å². The lowest BCUT2D eigenvalue weighted by Gasteiger charge is -2.32. The molecule has 1 saturated carbocycles. The van der Waals surface area contributed by atoms with E-state index in [1.54, 1.807) is 19.1 Å². The zero-order valence-electron chi connectivity index (χ0n) is 19.3. The summed E-state index contributed by atoms with van der Waals surface area (Å²) in [5, 5.41) is 9.48. The molecule has 0 aliphatic heterocycles. The van der Waals surface area contributed by atoms with Crippen LogP contribution in [0.15, 0.2) is 47.5 Å². The van der Waals surface area contributed by atoms with Crippen LogP contribution < -0.4 is 10.6 Å². The van der Waals surface area contributed by atoms with Gasteiger partial charge in [-0.05, 0) is 37.8 Å². The SMILES string of the molecule is C=CCN(C(=O)CCC(=O)Nc1cc(C)on1)[C@H](C(=O)NC1CCCC1)c1ccccc1C. The van der Waals surface area contributed by atoms with E-state index in [1.807, 2.05) is 31.2 Å². The predicted octanol–water partition coefficient (Wildman–Crippen LogP) is 3.82. The Kier molecular flexibility index (Phi) is 8.40. The number of anilines is 1. The summed E-state index contributed by atoms with van der Waals surface area (Å²) in [7, 11) is 0. The molecular formula is C25H32N4O4. The average Bonchev–Trinajstić information content (AvgIpc) is 3.44. The third kappa shape index (κ3) is 6.54. The normalized spacial score (nSPS) is 14.5. The van der Waals surface area contributed by atoms with Crippen LogP contribution in [0.2, 0.25) is 0 Å². The molecule has 176 valence electrons. The van der Waals surface area contributed by atoms with E-state index in [0.717, 1.165) is 36.8 Å². The Morgan fingerprint density at radius 1 is 1.21 bits per heavy atom. The summed E-state index contributed by atoms with van der Waals surface area (Å²) in [5.74, 6) is 0.0395. The lowest BCUT2D eigenvalue weighted by Crippen LogP contribution is -2.46. The van der Waals surface area contributed by atoms with E-state index >= 15 is 0 Å². The van der Waals surface area contributed by atoms with Crippen molar-refractivity contribution in [2.75, 3.05) is 11.9 Å². The first kappa shape index (κ1) is 24.2. The van der Waals surface area contributed by atoms with Gasteiger partial charge < -0.3 is 20.1 Å². The summed E-state index contributed by atoms with van der Waals surface area (Å²) >= 11 is 0. The van der Waals surface area contributed by atoms with E-state index in [0.29, 0.717) is 11.6 Å². The van der Waals surface area contributed by atoms with Gasteiger partial charge in [0.15, 0.2) is 5.82 Å². The largest absolute Gasteiger partial charge is 0.360 e. The minimum absolute atomic E-state index is 0.0386. The highest BCUT2D eigenvalue weighted by Gasteiger charge is 2.33. The Morgan fingerprint density at radius 3 is 2.58 bits per heavy atom. The van der Waals surface area contributed by atoms with Gasteiger partial charge in [-0.1, -0.05) is 48.3 Å². The minimum atomic E-state index is -0.793. The highest BCUT2D eigenvalue weighted by Crippen LogP contribution is 2.27. The van der Waals surface area contributed by atoms with Crippen molar-refractivity contribution >= 4 is 23.5 Å². The zero-order chi connectivity index (χ0) is 23.8.